The summed E-state index contributed by atoms with van der Waals surface area (Å²) in [5, 5.41) is 19.4. The van der Waals surface area contributed by atoms with Gasteiger partial charge < -0.3 is 4.57 Å². The minimum Gasteiger partial charge on any atom is -0.308 e. The summed E-state index contributed by atoms with van der Waals surface area (Å²) in [6.07, 6.45) is 0.0688. The van der Waals surface area contributed by atoms with Crippen LogP contribution in [0.2, 0.25) is 0 Å². The zero-order valence-corrected chi connectivity index (χ0v) is 11.4. The molecular formula is C15H13N3O3. The Morgan fingerprint density at radius 1 is 1.24 bits per heavy atom. The Labute approximate surface area is 121 Å². The Morgan fingerprint density at radius 2 is 1.90 bits per heavy atom. The quantitative estimate of drug-likeness (QED) is 0.637. The molecule has 6 nitrogen and oxygen atoms in total. The van der Waals surface area contributed by atoms with E-state index in [0.717, 1.165) is 5.56 Å². The molecule has 0 aliphatic rings. The van der Waals surface area contributed by atoms with Crippen molar-refractivity contribution >= 4 is 5.69 Å². The zero-order chi connectivity index (χ0) is 15.4. The van der Waals surface area contributed by atoms with E-state index < -0.39 is 4.92 Å². The molecule has 106 valence electrons. The van der Waals surface area contributed by atoms with Crippen LogP contribution in [0.1, 0.15) is 12.5 Å². The molecule has 6 heteroatoms. The summed E-state index contributed by atoms with van der Waals surface area (Å²) >= 11 is 0. The number of non-ortho nitro benzene ring substituents is 1. The molecule has 0 amide bonds. The van der Waals surface area contributed by atoms with Gasteiger partial charge in [0.05, 0.1) is 23.1 Å². The molecule has 2 rings (SSSR count). The maximum Gasteiger partial charge on any atom is 0.269 e. The van der Waals surface area contributed by atoms with Crippen molar-refractivity contribution in [2.24, 2.45) is 0 Å². The lowest BCUT2D eigenvalue weighted by molar-refractivity contribution is -0.384. The molecule has 2 aromatic rings. The number of rotatable bonds is 4. The van der Waals surface area contributed by atoms with Gasteiger partial charge in [-0.25, -0.2) is 0 Å². The van der Waals surface area contributed by atoms with E-state index in [2.05, 4.69) is 0 Å². The number of nitriles is 1. The number of hydrogen-bond acceptors (Lipinski definition) is 4. The van der Waals surface area contributed by atoms with Gasteiger partial charge in [-0.2, -0.15) is 5.26 Å². The first-order valence-corrected chi connectivity index (χ1v) is 6.43. The molecule has 0 spiro atoms. The van der Waals surface area contributed by atoms with Crippen LogP contribution in [0.3, 0.4) is 0 Å². The third kappa shape index (κ3) is 2.82. The lowest BCUT2D eigenvalue weighted by Crippen LogP contribution is -2.24. The topological polar surface area (TPSA) is 88.9 Å². The second-order valence-electron chi connectivity index (χ2n) is 4.43. The standard InChI is InChI=1S/C15H13N3O3/c1-2-17-14(8-5-12(9-10-16)15(17)19)11-3-6-13(7-4-11)18(20)21/h3-8H,2,9H2,1H3. The second kappa shape index (κ2) is 6.01. The predicted molar refractivity (Wildman–Crippen MR) is 77.8 cm³/mol. The summed E-state index contributed by atoms with van der Waals surface area (Å²) in [7, 11) is 0. The van der Waals surface area contributed by atoms with Crippen molar-refractivity contribution in [3.63, 3.8) is 0 Å². The van der Waals surface area contributed by atoms with E-state index in [0.29, 0.717) is 17.8 Å². The van der Waals surface area contributed by atoms with Crippen LogP contribution in [-0.2, 0) is 13.0 Å². The molecule has 0 saturated heterocycles. The van der Waals surface area contributed by atoms with Gasteiger partial charge in [0.1, 0.15) is 0 Å². The van der Waals surface area contributed by atoms with E-state index in [1.807, 2.05) is 13.0 Å². The first-order chi connectivity index (χ1) is 10.1. The molecule has 0 atom stereocenters. The fraction of sp³-hybridized carbons (Fsp3) is 0.200. The summed E-state index contributed by atoms with van der Waals surface area (Å²) in [5.74, 6) is 0. The maximum absolute atomic E-state index is 12.3. The molecule has 1 heterocycles. The molecule has 0 fully saturated rings. The Morgan fingerprint density at radius 3 is 2.43 bits per heavy atom. The van der Waals surface area contributed by atoms with Crippen molar-refractivity contribution in [1.82, 2.24) is 4.57 Å². The molecule has 0 unspecified atom stereocenters. The average molecular weight is 283 g/mol. The van der Waals surface area contributed by atoms with Gasteiger partial charge in [0.25, 0.3) is 11.2 Å². The van der Waals surface area contributed by atoms with Crippen LogP contribution < -0.4 is 5.56 Å². The van der Waals surface area contributed by atoms with E-state index in [1.54, 1.807) is 28.8 Å². The van der Waals surface area contributed by atoms with Gasteiger partial charge in [-0.15, -0.1) is 0 Å². The predicted octanol–water partition coefficient (Wildman–Crippen LogP) is 2.51. The summed E-state index contributed by atoms with van der Waals surface area (Å²) in [4.78, 5) is 22.5. The molecule has 0 radical (unpaired) electrons. The van der Waals surface area contributed by atoms with Gasteiger partial charge in [0.2, 0.25) is 0 Å². The van der Waals surface area contributed by atoms with Gasteiger partial charge in [0, 0.05) is 24.2 Å². The molecular weight excluding hydrogens is 270 g/mol. The van der Waals surface area contributed by atoms with Gasteiger partial charge in [-0.3, -0.25) is 14.9 Å². The van der Waals surface area contributed by atoms with E-state index in [9.17, 15) is 14.9 Å². The fourth-order valence-electron chi connectivity index (χ4n) is 2.16. The van der Waals surface area contributed by atoms with Crippen LogP contribution in [0, 0.1) is 21.4 Å². The smallest absolute Gasteiger partial charge is 0.269 e. The highest BCUT2D eigenvalue weighted by molar-refractivity contribution is 5.61. The third-order valence-electron chi connectivity index (χ3n) is 3.21. The first kappa shape index (κ1) is 14.5. The Balaban J connectivity index is 2.54. The number of nitrogens with zero attached hydrogens (tertiary/aromatic N) is 3. The molecule has 0 bridgehead atoms. The van der Waals surface area contributed by atoms with Crippen molar-refractivity contribution < 1.29 is 4.92 Å². The minimum atomic E-state index is -0.466. The largest absolute Gasteiger partial charge is 0.308 e. The average Bonchev–Trinajstić information content (AvgIpc) is 2.49. The van der Waals surface area contributed by atoms with Crippen LogP contribution in [0.5, 0.6) is 0 Å². The SMILES string of the molecule is CCn1c(-c2ccc([N+](=O)[O-])cc2)ccc(CC#N)c1=O. The number of benzene rings is 1. The minimum absolute atomic E-state index is 0.00486. The van der Waals surface area contributed by atoms with E-state index in [4.69, 9.17) is 5.26 Å². The van der Waals surface area contributed by atoms with Crippen LogP contribution in [0.4, 0.5) is 5.69 Å². The third-order valence-corrected chi connectivity index (χ3v) is 3.21. The summed E-state index contributed by atoms with van der Waals surface area (Å²) in [6.45, 7) is 2.30. The van der Waals surface area contributed by atoms with Crippen LogP contribution in [0.15, 0.2) is 41.2 Å². The number of hydrogen-bond donors (Lipinski definition) is 0. The summed E-state index contributed by atoms with van der Waals surface area (Å²) in [6, 6.07) is 11.4. The molecule has 0 saturated carbocycles. The summed E-state index contributed by atoms with van der Waals surface area (Å²) < 4.78 is 1.56. The Kier molecular flexibility index (Phi) is 4.14. The monoisotopic (exact) mass is 283 g/mol. The van der Waals surface area contributed by atoms with E-state index >= 15 is 0 Å². The molecule has 1 aromatic heterocycles. The van der Waals surface area contributed by atoms with Crippen molar-refractivity contribution in [2.75, 3.05) is 0 Å². The van der Waals surface area contributed by atoms with E-state index in [1.165, 1.54) is 12.1 Å². The Bertz CT molecular complexity index is 770. The van der Waals surface area contributed by atoms with Crippen molar-refractivity contribution in [1.29, 1.82) is 5.26 Å². The van der Waals surface area contributed by atoms with Crippen LogP contribution in [-0.4, -0.2) is 9.49 Å². The normalized spacial score (nSPS) is 10.1. The lowest BCUT2D eigenvalue weighted by atomic mass is 10.1. The highest BCUT2D eigenvalue weighted by Crippen LogP contribution is 2.21. The van der Waals surface area contributed by atoms with Gasteiger partial charge in [0.15, 0.2) is 0 Å². The highest BCUT2D eigenvalue weighted by atomic mass is 16.6. The molecule has 0 aliphatic carbocycles. The van der Waals surface area contributed by atoms with Crippen LogP contribution >= 0.6 is 0 Å². The number of pyridine rings is 1. The molecule has 1 aromatic carbocycles. The molecule has 21 heavy (non-hydrogen) atoms. The second-order valence-corrected chi connectivity index (χ2v) is 4.43. The van der Waals surface area contributed by atoms with Crippen LogP contribution in [0.25, 0.3) is 11.3 Å². The number of aromatic nitrogens is 1. The first-order valence-electron chi connectivity index (χ1n) is 6.43. The van der Waals surface area contributed by atoms with Gasteiger partial charge in [-0.1, -0.05) is 6.07 Å². The number of nitro groups is 1. The highest BCUT2D eigenvalue weighted by Gasteiger charge is 2.11. The lowest BCUT2D eigenvalue weighted by Gasteiger charge is -2.12. The zero-order valence-electron chi connectivity index (χ0n) is 11.4. The van der Waals surface area contributed by atoms with Gasteiger partial charge in [-0.05, 0) is 30.7 Å². The van der Waals surface area contributed by atoms with E-state index in [-0.39, 0.29) is 17.7 Å². The van der Waals surface area contributed by atoms with Gasteiger partial charge >= 0.3 is 0 Å². The molecule has 0 aliphatic heterocycles. The van der Waals surface area contributed by atoms with Crippen molar-refractivity contribution in [2.45, 2.75) is 19.9 Å². The fourth-order valence-corrected chi connectivity index (χ4v) is 2.16. The van der Waals surface area contributed by atoms with Crippen molar-refractivity contribution in [3.05, 3.63) is 62.4 Å². The summed E-state index contributed by atoms with van der Waals surface area (Å²) in [5.41, 5.74) is 1.66. The van der Waals surface area contributed by atoms with Crippen molar-refractivity contribution in [3.8, 4) is 17.3 Å². The molecule has 0 N–H and O–H groups in total. The number of nitro benzene ring substituents is 1. The Hall–Kier alpha value is -2.94. The maximum atomic E-state index is 12.3.